The van der Waals surface area contributed by atoms with Gasteiger partial charge in [0.25, 0.3) is 0 Å². The summed E-state index contributed by atoms with van der Waals surface area (Å²) in [6.45, 7) is 2.67. The van der Waals surface area contributed by atoms with Crippen molar-refractivity contribution in [1.29, 1.82) is 0 Å². The molecule has 0 bridgehead atoms. The fraction of sp³-hybridized carbons (Fsp3) is 0.429. The van der Waals surface area contributed by atoms with Gasteiger partial charge in [0, 0.05) is 32.7 Å². The highest BCUT2D eigenvalue weighted by Crippen LogP contribution is 2.08. The van der Waals surface area contributed by atoms with E-state index < -0.39 is 0 Å². The lowest BCUT2D eigenvalue weighted by atomic mass is 10.2. The van der Waals surface area contributed by atoms with Gasteiger partial charge in [-0.05, 0) is 24.6 Å². The Morgan fingerprint density at radius 2 is 2.00 bits per heavy atom. The fourth-order valence-electron chi connectivity index (χ4n) is 1.55. The van der Waals surface area contributed by atoms with Crippen molar-refractivity contribution >= 4 is 17.5 Å². The molecule has 2 N–H and O–H groups in total. The Balaban J connectivity index is 2.23. The molecule has 0 radical (unpaired) electrons. The lowest BCUT2D eigenvalue weighted by molar-refractivity contribution is -0.128. The summed E-state index contributed by atoms with van der Waals surface area (Å²) < 4.78 is 0. The summed E-state index contributed by atoms with van der Waals surface area (Å²) in [7, 11) is 3.43. The minimum Gasteiger partial charge on any atom is -0.349 e. The molecule has 0 aliphatic rings. The molecule has 0 atom stereocenters. The molecule has 0 spiro atoms. The van der Waals surface area contributed by atoms with Gasteiger partial charge in [-0.15, -0.1) is 0 Å². The summed E-state index contributed by atoms with van der Waals surface area (Å²) in [6, 6.07) is 7.63. The van der Waals surface area contributed by atoms with E-state index in [9.17, 15) is 9.59 Å². The molecule has 5 heteroatoms. The zero-order chi connectivity index (χ0) is 14.3. The molecule has 1 aromatic carbocycles. The molecule has 0 saturated carbocycles. The molecule has 0 aliphatic carbocycles. The van der Waals surface area contributed by atoms with Crippen LogP contribution in [-0.4, -0.2) is 43.9 Å². The molecule has 0 unspecified atom stereocenters. The van der Waals surface area contributed by atoms with Gasteiger partial charge in [0.2, 0.25) is 11.8 Å². The van der Waals surface area contributed by atoms with Crippen LogP contribution < -0.4 is 10.6 Å². The highest BCUT2D eigenvalue weighted by atomic mass is 16.2. The van der Waals surface area contributed by atoms with Gasteiger partial charge in [-0.2, -0.15) is 0 Å². The van der Waals surface area contributed by atoms with Crippen molar-refractivity contribution < 1.29 is 9.59 Å². The molecular weight excluding hydrogens is 242 g/mol. The molecular formula is C14H21N3O2. The Morgan fingerprint density at radius 3 is 2.63 bits per heavy atom. The summed E-state index contributed by atoms with van der Waals surface area (Å²) in [5.74, 6) is -0.0607. The van der Waals surface area contributed by atoms with Crippen molar-refractivity contribution in [3.63, 3.8) is 0 Å². The van der Waals surface area contributed by atoms with Crippen LogP contribution in [0.1, 0.15) is 12.0 Å². The van der Waals surface area contributed by atoms with Gasteiger partial charge in [0.1, 0.15) is 0 Å². The number of carbonyl (C=O) groups is 2. The summed E-state index contributed by atoms with van der Waals surface area (Å²) in [5, 5.41) is 5.74. The Hall–Kier alpha value is -1.88. The van der Waals surface area contributed by atoms with E-state index in [1.165, 1.54) is 4.90 Å². The minimum atomic E-state index is -0.108. The van der Waals surface area contributed by atoms with E-state index in [0.717, 1.165) is 11.3 Å². The fourth-order valence-corrected chi connectivity index (χ4v) is 1.55. The topological polar surface area (TPSA) is 61.4 Å². The zero-order valence-corrected chi connectivity index (χ0v) is 11.7. The predicted molar refractivity (Wildman–Crippen MR) is 76.0 cm³/mol. The number of anilines is 1. The third kappa shape index (κ3) is 6.01. The second-order valence-electron chi connectivity index (χ2n) is 4.63. The van der Waals surface area contributed by atoms with Crippen molar-refractivity contribution in [3.05, 3.63) is 29.8 Å². The Kier molecular flexibility index (Phi) is 6.02. The van der Waals surface area contributed by atoms with Crippen LogP contribution in [0.25, 0.3) is 0 Å². The number of nitrogens with zero attached hydrogens (tertiary/aromatic N) is 1. The molecule has 1 rings (SSSR count). The van der Waals surface area contributed by atoms with Crippen LogP contribution >= 0.6 is 0 Å². The maximum atomic E-state index is 11.6. The third-order valence-corrected chi connectivity index (χ3v) is 2.60. The zero-order valence-electron chi connectivity index (χ0n) is 11.7. The van der Waals surface area contributed by atoms with Crippen LogP contribution in [0.15, 0.2) is 24.3 Å². The van der Waals surface area contributed by atoms with E-state index in [0.29, 0.717) is 13.0 Å². The first-order valence-electron chi connectivity index (χ1n) is 6.26. The van der Waals surface area contributed by atoms with Gasteiger partial charge in [-0.25, -0.2) is 0 Å². The van der Waals surface area contributed by atoms with Gasteiger partial charge in [-0.3, -0.25) is 9.59 Å². The number of rotatable bonds is 6. The van der Waals surface area contributed by atoms with Crippen molar-refractivity contribution in [2.45, 2.75) is 13.3 Å². The first-order chi connectivity index (χ1) is 8.99. The molecule has 2 amide bonds. The normalized spacial score (nSPS) is 10.1. The van der Waals surface area contributed by atoms with Crippen molar-refractivity contribution in [2.75, 3.05) is 32.5 Å². The number of carbonyl (C=O) groups excluding carboxylic acids is 2. The number of benzene rings is 1. The summed E-state index contributed by atoms with van der Waals surface area (Å²) in [5.41, 5.74) is 1.89. The highest BCUT2D eigenvalue weighted by Gasteiger charge is 2.05. The van der Waals surface area contributed by atoms with Gasteiger partial charge in [0.15, 0.2) is 0 Å². The van der Waals surface area contributed by atoms with Crippen LogP contribution in [-0.2, 0) is 9.59 Å². The van der Waals surface area contributed by atoms with E-state index in [1.54, 1.807) is 14.1 Å². The van der Waals surface area contributed by atoms with Crippen LogP contribution in [0.2, 0.25) is 0 Å². The number of nitrogens with one attached hydrogen (secondary N) is 2. The second-order valence-corrected chi connectivity index (χ2v) is 4.63. The quantitative estimate of drug-likeness (QED) is 0.753. The second kappa shape index (κ2) is 7.53. The van der Waals surface area contributed by atoms with Crippen molar-refractivity contribution in [2.24, 2.45) is 0 Å². The monoisotopic (exact) mass is 263 g/mol. The standard InChI is InChI=1S/C14H21N3O2/c1-11-5-4-6-12(9-11)16-13(18)10-15-8-7-14(19)17(2)3/h4-6,9,15H,7-8,10H2,1-3H3,(H,16,18). The molecule has 5 nitrogen and oxygen atoms in total. The summed E-state index contributed by atoms with van der Waals surface area (Å²) in [6.07, 6.45) is 0.394. The average Bonchev–Trinajstić information content (AvgIpc) is 2.34. The molecule has 0 saturated heterocycles. The summed E-state index contributed by atoms with van der Waals surface area (Å²) in [4.78, 5) is 24.5. The van der Waals surface area contributed by atoms with E-state index >= 15 is 0 Å². The maximum absolute atomic E-state index is 11.6. The predicted octanol–water partition coefficient (Wildman–Crippen LogP) is 1.00. The number of amides is 2. The minimum absolute atomic E-state index is 0.0478. The van der Waals surface area contributed by atoms with Gasteiger partial charge in [0.05, 0.1) is 6.54 Å². The van der Waals surface area contributed by atoms with Crippen LogP contribution in [0, 0.1) is 6.92 Å². The molecule has 1 aromatic rings. The van der Waals surface area contributed by atoms with E-state index in [1.807, 2.05) is 31.2 Å². The first-order valence-corrected chi connectivity index (χ1v) is 6.26. The van der Waals surface area contributed by atoms with E-state index in [4.69, 9.17) is 0 Å². The number of aryl methyl sites for hydroxylation is 1. The van der Waals surface area contributed by atoms with E-state index in [-0.39, 0.29) is 18.4 Å². The molecule has 0 aliphatic heterocycles. The van der Waals surface area contributed by atoms with Gasteiger partial charge < -0.3 is 15.5 Å². The first kappa shape index (κ1) is 15.2. The van der Waals surface area contributed by atoms with Crippen LogP contribution in [0.3, 0.4) is 0 Å². The smallest absolute Gasteiger partial charge is 0.238 e. The molecule has 0 aromatic heterocycles. The molecule has 104 valence electrons. The Bertz CT molecular complexity index is 444. The number of hydrogen-bond donors (Lipinski definition) is 2. The SMILES string of the molecule is Cc1cccc(NC(=O)CNCCC(=O)N(C)C)c1. The van der Waals surface area contributed by atoms with Gasteiger partial charge in [-0.1, -0.05) is 12.1 Å². The lowest BCUT2D eigenvalue weighted by Crippen LogP contribution is -2.32. The van der Waals surface area contributed by atoms with Crippen molar-refractivity contribution in [1.82, 2.24) is 10.2 Å². The van der Waals surface area contributed by atoms with Crippen LogP contribution in [0.4, 0.5) is 5.69 Å². The van der Waals surface area contributed by atoms with Crippen LogP contribution in [0.5, 0.6) is 0 Å². The Labute approximate surface area is 114 Å². The number of hydrogen-bond acceptors (Lipinski definition) is 3. The van der Waals surface area contributed by atoms with E-state index in [2.05, 4.69) is 10.6 Å². The summed E-state index contributed by atoms with van der Waals surface area (Å²) >= 11 is 0. The molecule has 0 heterocycles. The third-order valence-electron chi connectivity index (χ3n) is 2.60. The average molecular weight is 263 g/mol. The molecule has 0 fully saturated rings. The van der Waals surface area contributed by atoms with Gasteiger partial charge >= 0.3 is 0 Å². The molecule has 19 heavy (non-hydrogen) atoms. The van der Waals surface area contributed by atoms with Crippen molar-refractivity contribution in [3.8, 4) is 0 Å². The lowest BCUT2D eigenvalue weighted by Gasteiger charge is -2.10. The maximum Gasteiger partial charge on any atom is 0.238 e. The Morgan fingerprint density at radius 1 is 1.26 bits per heavy atom. The highest BCUT2D eigenvalue weighted by molar-refractivity contribution is 5.92. The largest absolute Gasteiger partial charge is 0.349 e.